The van der Waals surface area contributed by atoms with Crippen molar-refractivity contribution in [2.24, 2.45) is 5.41 Å². The second-order valence-electron chi connectivity index (χ2n) is 7.09. The Bertz CT molecular complexity index is 891. The van der Waals surface area contributed by atoms with Crippen molar-refractivity contribution in [3.05, 3.63) is 59.0 Å². The highest BCUT2D eigenvalue weighted by Crippen LogP contribution is 2.21. The summed E-state index contributed by atoms with van der Waals surface area (Å²) in [4.78, 5) is 12.4. The summed E-state index contributed by atoms with van der Waals surface area (Å²) in [5, 5.41) is 14.6. The van der Waals surface area contributed by atoms with E-state index in [0.717, 1.165) is 17.8 Å². The summed E-state index contributed by atoms with van der Waals surface area (Å²) in [6, 6.07) is 9.17. The number of anilines is 1. The van der Waals surface area contributed by atoms with Crippen molar-refractivity contribution in [3.8, 4) is 5.69 Å². The Morgan fingerprint density at radius 3 is 2.80 bits per heavy atom. The molecule has 0 radical (unpaired) electrons. The Labute approximate surface area is 151 Å². The van der Waals surface area contributed by atoms with E-state index in [9.17, 15) is 4.79 Å². The van der Waals surface area contributed by atoms with Crippen molar-refractivity contribution >= 4 is 23.3 Å². The molecule has 0 saturated heterocycles. The monoisotopic (exact) mass is 357 g/mol. The number of carbonyl (C=O) groups excluding carboxylic acids is 1. The SMILES string of the molecule is CC(C)(C)Cc1cc(NC(=O)c2cnn(-c3ccccc3Cl)c2)n[nH]1. The van der Waals surface area contributed by atoms with Crippen LogP contribution in [-0.2, 0) is 6.42 Å². The number of amides is 1. The maximum absolute atomic E-state index is 12.4. The van der Waals surface area contributed by atoms with Gasteiger partial charge in [-0.15, -0.1) is 0 Å². The highest BCUT2D eigenvalue weighted by Gasteiger charge is 2.15. The molecule has 1 aromatic carbocycles. The molecule has 0 aliphatic heterocycles. The van der Waals surface area contributed by atoms with Crippen LogP contribution in [0, 0.1) is 5.41 Å². The van der Waals surface area contributed by atoms with Crippen LogP contribution in [0.1, 0.15) is 36.8 Å². The van der Waals surface area contributed by atoms with Gasteiger partial charge in [-0.25, -0.2) is 4.68 Å². The number of carbonyl (C=O) groups is 1. The van der Waals surface area contributed by atoms with E-state index < -0.39 is 0 Å². The molecule has 0 aliphatic carbocycles. The van der Waals surface area contributed by atoms with Gasteiger partial charge in [-0.1, -0.05) is 44.5 Å². The summed E-state index contributed by atoms with van der Waals surface area (Å²) in [5.41, 5.74) is 2.27. The summed E-state index contributed by atoms with van der Waals surface area (Å²) >= 11 is 6.16. The number of nitrogens with zero attached hydrogens (tertiary/aromatic N) is 3. The number of aromatic amines is 1. The van der Waals surface area contributed by atoms with Crippen molar-refractivity contribution in [3.63, 3.8) is 0 Å². The van der Waals surface area contributed by atoms with Gasteiger partial charge < -0.3 is 5.32 Å². The largest absolute Gasteiger partial charge is 0.305 e. The number of halogens is 1. The van der Waals surface area contributed by atoms with Crippen LogP contribution in [0.4, 0.5) is 5.82 Å². The minimum atomic E-state index is -0.271. The van der Waals surface area contributed by atoms with Gasteiger partial charge in [0.05, 0.1) is 22.5 Å². The molecule has 1 amide bonds. The van der Waals surface area contributed by atoms with Crippen LogP contribution < -0.4 is 5.32 Å². The van der Waals surface area contributed by atoms with Gasteiger partial charge in [0, 0.05) is 18.0 Å². The first-order valence-electron chi connectivity index (χ1n) is 7.97. The van der Waals surface area contributed by atoms with Crippen LogP contribution in [-0.4, -0.2) is 25.9 Å². The van der Waals surface area contributed by atoms with Crippen molar-refractivity contribution in [1.29, 1.82) is 0 Å². The van der Waals surface area contributed by atoms with Gasteiger partial charge in [-0.3, -0.25) is 9.89 Å². The number of nitrogens with one attached hydrogen (secondary N) is 2. The quantitative estimate of drug-likeness (QED) is 0.738. The van der Waals surface area contributed by atoms with Crippen molar-refractivity contribution in [1.82, 2.24) is 20.0 Å². The van der Waals surface area contributed by atoms with E-state index in [1.54, 1.807) is 16.9 Å². The molecule has 0 fully saturated rings. The molecule has 0 saturated carbocycles. The van der Waals surface area contributed by atoms with Crippen LogP contribution in [0.2, 0.25) is 5.02 Å². The molecule has 0 aliphatic rings. The standard InChI is InChI=1S/C18H20ClN5O/c1-18(2,3)9-13-8-16(23-22-13)21-17(25)12-10-20-24(11-12)15-7-5-4-6-14(15)19/h4-8,10-11H,9H2,1-3H3,(H2,21,22,23,25). The molecule has 25 heavy (non-hydrogen) atoms. The highest BCUT2D eigenvalue weighted by atomic mass is 35.5. The first kappa shape index (κ1) is 17.2. The van der Waals surface area contributed by atoms with Gasteiger partial charge in [0.25, 0.3) is 5.91 Å². The number of hydrogen-bond acceptors (Lipinski definition) is 3. The first-order chi connectivity index (χ1) is 11.8. The minimum absolute atomic E-state index is 0.143. The van der Waals surface area contributed by atoms with Crippen LogP contribution in [0.3, 0.4) is 0 Å². The minimum Gasteiger partial charge on any atom is -0.305 e. The molecule has 7 heteroatoms. The molecule has 2 heterocycles. The lowest BCUT2D eigenvalue weighted by molar-refractivity contribution is 0.102. The summed E-state index contributed by atoms with van der Waals surface area (Å²) in [5.74, 6) is 0.224. The van der Waals surface area contributed by atoms with Gasteiger partial charge in [0.15, 0.2) is 5.82 Å². The molecule has 3 rings (SSSR count). The van der Waals surface area contributed by atoms with Crippen LogP contribution >= 0.6 is 11.6 Å². The fourth-order valence-corrected chi connectivity index (χ4v) is 2.71. The van der Waals surface area contributed by atoms with E-state index >= 15 is 0 Å². The van der Waals surface area contributed by atoms with Crippen molar-refractivity contribution < 1.29 is 4.79 Å². The second-order valence-corrected chi connectivity index (χ2v) is 7.50. The fourth-order valence-electron chi connectivity index (χ4n) is 2.49. The summed E-state index contributed by atoms with van der Waals surface area (Å²) in [6.07, 6.45) is 3.99. The second kappa shape index (κ2) is 6.72. The maximum Gasteiger partial charge on any atom is 0.260 e. The van der Waals surface area contributed by atoms with E-state index in [0.29, 0.717) is 16.4 Å². The zero-order chi connectivity index (χ0) is 18.0. The van der Waals surface area contributed by atoms with E-state index in [1.165, 1.54) is 6.20 Å². The number of benzene rings is 1. The molecule has 0 unspecified atom stereocenters. The van der Waals surface area contributed by atoms with Crippen molar-refractivity contribution in [2.45, 2.75) is 27.2 Å². The lowest BCUT2D eigenvalue weighted by Crippen LogP contribution is -2.11. The molecule has 0 atom stereocenters. The van der Waals surface area contributed by atoms with E-state index in [-0.39, 0.29) is 11.3 Å². The molecular weight excluding hydrogens is 338 g/mol. The van der Waals surface area contributed by atoms with Gasteiger partial charge in [0.2, 0.25) is 0 Å². The normalized spacial score (nSPS) is 11.5. The first-order valence-corrected chi connectivity index (χ1v) is 8.35. The van der Waals surface area contributed by atoms with Gasteiger partial charge >= 0.3 is 0 Å². The molecule has 0 spiro atoms. The molecule has 2 aromatic heterocycles. The Balaban J connectivity index is 1.71. The summed E-state index contributed by atoms with van der Waals surface area (Å²) in [6.45, 7) is 6.44. The molecule has 0 bridgehead atoms. The summed E-state index contributed by atoms with van der Waals surface area (Å²) < 4.78 is 1.58. The number of H-pyrrole nitrogens is 1. The third-order valence-electron chi connectivity index (χ3n) is 3.54. The smallest absolute Gasteiger partial charge is 0.260 e. The van der Waals surface area contributed by atoms with Crippen LogP contribution in [0.5, 0.6) is 0 Å². The van der Waals surface area contributed by atoms with Gasteiger partial charge in [0.1, 0.15) is 0 Å². The Morgan fingerprint density at radius 2 is 2.08 bits per heavy atom. The number of hydrogen-bond donors (Lipinski definition) is 2. The topological polar surface area (TPSA) is 75.6 Å². The van der Waals surface area contributed by atoms with Gasteiger partial charge in [-0.05, 0) is 24.0 Å². The molecular formula is C18H20ClN5O. The van der Waals surface area contributed by atoms with E-state index in [2.05, 4.69) is 41.4 Å². The average molecular weight is 358 g/mol. The predicted molar refractivity (Wildman–Crippen MR) is 98.3 cm³/mol. The Kier molecular flexibility index (Phi) is 4.63. The van der Waals surface area contributed by atoms with E-state index in [4.69, 9.17) is 11.6 Å². The number of aromatic nitrogens is 4. The summed E-state index contributed by atoms with van der Waals surface area (Å²) in [7, 11) is 0. The maximum atomic E-state index is 12.4. The van der Waals surface area contributed by atoms with Crippen LogP contribution in [0.15, 0.2) is 42.7 Å². The number of rotatable bonds is 4. The lowest BCUT2D eigenvalue weighted by atomic mass is 9.91. The van der Waals surface area contributed by atoms with E-state index in [1.807, 2.05) is 24.3 Å². The zero-order valence-electron chi connectivity index (χ0n) is 14.4. The zero-order valence-corrected chi connectivity index (χ0v) is 15.1. The Morgan fingerprint density at radius 1 is 1.32 bits per heavy atom. The molecule has 130 valence electrons. The van der Waals surface area contributed by atoms with Crippen molar-refractivity contribution in [2.75, 3.05) is 5.32 Å². The predicted octanol–water partition coefficient (Wildman–Crippen LogP) is 4.09. The molecule has 2 N–H and O–H groups in total. The Hall–Kier alpha value is -2.60. The molecule has 6 nitrogen and oxygen atoms in total. The third-order valence-corrected chi connectivity index (χ3v) is 3.86. The third kappa shape index (κ3) is 4.28. The molecule has 3 aromatic rings. The number of para-hydroxylation sites is 1. The average Bonchev–Trinajstić information content (AvgIpc) is 3.16. The highest BCUT2D eigenvalue weighted by molar-refractivity contribution is 6.32. The van der Waals surface area contributed by atoms with Gasteiger partial charge in [-0.2, -0.15) is 10.2 Å². The van der Waals surface area contributed by atoms with Crippen LogP contribution in [0.25, 0.3) is 5.69 Å². The lowest BCUT2D eigenvalue weighted by Gasteiger charge is -2.15. The fraction of sp³-hybridized carbons (Fsp3) is 0.278.